The Hall–Kier alpha value is -2.79. The highest BCUT2D eigenvalue weighted by atomic mass is 35.5. The second kappa shape index (κ2) is 9.06. The molecule has 0 radical (unpaired) electrons. The SMILES string of the molecule is CN=C(NCc1cccc(Cn2cccn2)c1)NCc1ccccc1Cl. The minimum absolute atomic E-state index is 0.624. The third kappa shape index (κ3) is 5.10. The molecule has 0 aliphatic carbocycles. The van der Waals surface area contributed by atoms with E-state index >= 15 is 0 Å². The summed E-state index contributed by atoms with van der Waals surface area (Å²) in [6.07, 6.45) is 3.76. The molecular formula is C20H22ClN5. The fourth-order valence-corrected chi connectivity index (χ4v) is 2.85. The molecule has 0 atom stereocenters. The monoisotopic (exact) mass is 367 g/mol. The van der Waals surface area contributed by atoms with E-state index < -0.39 is 0 Å². The highest BCUT2D eigenvalue weighted by Gasteiger charge is 2.03. The minimum Gasteiger partial charge on any atom is -0.352 e. The lowest BCUT2D eigenvalue weighted by atomic mass is 10.1. The van der Waals surface area contributed by atoms with Crippen LogP contribution in [0.2, 0.25) is 5.02 Å². The molecule has 1 aromatic heterocycles. The number of nitrogens with one attached hydrogen (secondary N) is 2. The molecule has 2 N–H and O–H groups in total. The number of rotatable bonds is 6. The van der Waals surface area contributed by atoms with Gasteiger partial charge < -0.3 is 10.6 Å². The average molecular weight is 368 g/mol. The van der Waals surface area contributed by atoms with E-state index in [1.165, 1.54) is 11.1 Å². The number of aliphatic imine (C=N–C) groups is 1. The Morgan fingerprint density at radius 2 is 1.85 bits per heavy atom. The van der Waals surface area contributed by atoms with Crippen molar-refractivity contribution in [3.63, 3.8) is 0 Å². The molecule has 0 fully saturated rings. The number of benzene rings is 2. The summed E-state index contributed by atoms with van der Waals surface area (Å²) >= 11 is 6.19. The molecule has 5 nitrogen and oxygen atoms in total. The third-order valence-corrected chi connectivity index (χ3v) is 4.35. The van der Waals surface area contributed by atoms with Crippen molar-refractivity contribution < 1.29 is 0 Å². The van der Waals surface area contributed by atoms with Gasteiger partial charge in [-0.15, -0.1) is 0 Å². The lowest BCUT2D eigenvalue weighted by Crippen LogP contribution is -2.36. The van der Waals surface area contributed by atoms with Crippen molar-refractivity contribution in [2.24, 2.45) is 4.99 Å². The summed E-state index contributed by atoms with van der Waals surface area (Å²) in [4.78, 5) is 4.27. The van der Waals surface area contributed by atoms with Crippen LogP contribution in [0.1, 0.15) is 16.7 Å². The zero-order valence-electron chi connectivity index (χ0n) is 14.7. The maximum atomic E-state index is 6.19. The Balaban J connectivity index is 1.54. The van der Waals surface area contributed by atoms with Crippen LogP contribution in [-0.2, 0) is 19.6 Å². The largest absolute Gasteiger partial charge is 0.352 e. The minimum atomic E-state index is 0.624. The highest BCUT2D eigenvalue weighted by molar-refractivity contribution is 6.31. The van der Waals surface area contributed by atoms with Gasteiger partial charge in [-0.1, -0.05) is 54.1 Å². The Morgan fingerprint density at radius 3 is 2.62 bits per heavy atom. The smallest absolute Gasteiger partial charge is 0.191 e. The zero-order valence-corrected chi connectivity index (χ0v) is 15.4. The summed E-state index contributed by atoms with van der Waals surface area (Å²) in [6.45, 7) is 2.08. The molecule has 0 spiro atoms. The van der Waals surface area contributed by atoms with Gasteiger partial charge in [0.2, 0.25) is 0 Å². The van der Waals surface area contributed by atoms with Crippen molar-refractivity contribution in [2.45, 2.75) is 19.6 Å². The number of hydrogen-bond acceptors (Lipinski definition) is 2. The summed E-state index contributed by atoms with van der Waals surface area (Å²) < 4.78 is 1.91. The van der Waals surface area contributed by atoms with E-state index in [1.807, 2.05) is 41.2 Å². The van der Waals surface area contributed by atoms with Crippen molar-refractivity contribution in [3.8, 4) is 0 Å². The van der Waals surface area contributed by atoms with Crippen molar-refractivity contribution in [1.82, 2.24) is 20.4 Å². The Kier molecular flexibility index (Phi) is 6.28. The Morgan fingerprint density at radius 1 is 1.04 bits per heavy atom. The average Bonchev–Trinajstić information content (AvgIpc) is 3.16. The van der Waals surface area contributed by atoms with E-state index in [4.69, 9.17) is 11.6 Å². The first-order valence-electron chi connectivity index (χ1n) is 8.48. The van der Waals surface area contributed by atoms with Gasteiger partial charge in [0.1, 0.15) is 0 Å². The van der Waals surface area contributed by atoms with Crippen LogP contribution in [0, 0.1) is 0 Å². The summed E-state index contributed by atoms with van der Waals surface area (Å²) in [5.74, 6) is 0.738. The van der Waals surface area contributed by atoms with E-state index in [9.17, 15) is 0 Å². The molecule has 26 heavy (non-hydrogen) atoms. The molecule has 134 valence electrons. The van der Waals surface area contributed by atoms with E-state index in [0.29, 0.717) is 13.1 Å². The summed E-state index contributed by atoms with van der Waals surface area (Å²) in [5.41, 5.74) is 3.45. The van der Waals surface area contributed by atoms with Crippen LogP contribution in [0.25, 0.3) is 0 Å². The number of aromatic nitrogens is 2. The third-order valence-electron chi connectivity index (χ3n) is 3.98. The molecule has 0 aliphatic heterocycles. The quantitative estimate of drug-likeness (QED) is 0.518. The van der Waals surface area contributed by atoms with Crippen LogP contribution >= 0.6 is 11.6 Å². The molecule has 3 rings (SSSR count). The normalized spacial score (nSPS) is 11.4. The highest BCUT2D eigenvalue weighted by Crippen LogP contribution is 2.14. The van der Waals surface area contributed by atoms with E-state index in [2.05, 4.69) is 45.0 Å². The molecule has 3 aromatic rings. The van der Waals surface area contributed by atoms with Gasteiger partial charge in [-0.3, -0.25) is 9.67 Å². The number of guanidine groups is 1. The molecular weight excluding hydrogens is 346 g/mol. The van der Waals surface area contributed by atoms with Crippen LogP contribution in [0.5, 0.6) is 0 Å². The van der Waals surface area contributed by atoms with Gasteiger partial charge >= 0.3 is 0 Å². The molecule has 0 amide bonds. The maximum absolute atomic E-state index is 6.19. The first kappa shape index (κ1) is 18.0. The molecule has 0 bridgehead atoms. The fourth-order valence-electron chi connectivity index (χ4n) is 2.65. The van der Waals surface area contributed by atoms with Crippen LogP contribution in [0.15, 0.2) is 72.0 Å². The van der Waals surface area contributed by atoms with Crippen LogP contribution in [0.3, 0.4) is 0 Å². The molecule has 1 heterocycles. The molecule has 0 unspecified atom stereocenters. The van der Waals surface area contributed by atoms with Crippen molar-refractivity contribution >= 4 is 17.6 Å². The lowest BCUT2D eigenvalue weighted by molar-refractivity contribution is 0.685. The number of halogens is 1. The summed E-state index contributed by atoms with van der Waals surface area (Å²) in [7, 11) is 1.76. The topological polar surface area (TPSA) is 54.2 Å². The second-order valence-electron chi connectivity index (χ2n) is 5.89. The molecule has 6 heteroatoms. The standard InChI is InChI=1S/C20H22ClN5/c1-22-20(24-14-18-8-2-3-9-19(18)21)23-13-16-6-4-7-17(12-16)15-26-11-5-10-25-26/h2-12H,13-15H2,1H3,(H2,22,23,24). The summed E-state index contributed by atoms with van der Waals surface area (Å²) in [5, 5.41) is 11.6. The number of hydrogen-bond donors (Lipinski definition) is 2. The van der Waals surface area contributed by atoms with Gasteiger partial charge in [0.05, 0.1) is 6.54 Å². The van der Waals surface area contributed by atoms with Crippen molar-refractivity contribution in [3.05, 3.63) is 88.7 Å². The lowest BCUT2D eigenvalue weighted by Gasteiger charge is -2.13. The maximum Gasteiger partial charge on any atom is 0.191 e. The van der Waals surface area contributed by atoms with Crippen LogP contribution in [-0.4, -0.2) is 22.8 Å². The Labute approximate surface area is 158 Å². The van der Waals surface area contributed by atoms with Gasteiger partial charge in [-0.2, -0.15) is 5.10 Å². The van der Waals surface area contributed by atoms with E-state index in [-0.39, 0.29) is 0 Å². The van der Waals surface area contributed by atoms with E-state index in [0.717, 1.165) is 23.1 Å². The zero-order chi connectivity index (χ0) is 18.2. The van der Waals surface area contributed by atoms with E-state index in [1.54, 1.807) is 13.2 Å². The molecule has 2 aromatic carbocycles. The number of nitrogens with zero attached hydrogens (tertiary/aromatic N) is 3. The molecule has 0 aliphatic rings. The first-order valence-corrected chi connectivity index (χ1v) is 8.85. The van der Waals surface area contributed by atoms with Gasteiger partial charge in [-0.05, 0) is 28.8 Å². The molecule has 0 saturated heterocycles. The first-order chi connectivity index (χ1) is 12.7. The van der Waals surface area contributed by atoms with Crippen LogP contribution < -0.4 is 10.6 Å². The van der Waals surface area contributed by atoms with Gasteiger partial charge in [-0.25, -0.2) is 0 Å². The van der Waals surface area contributed by atoms with Gasteiger partial charge in [0.15, 0.2) is 5.96 Å². The molecule has 0 saturated carbocycles. The predicted octanol–water partition coefficient (Wildman–Crippen LogP) is 3.45. The fraction of sp³-hybridized carbons (Fsp3) is 0.200. The Bertz CT molecular complexity index is 858. The van der Waals surface area contributed by atoms with Gasteiger partial charge in [0, 0.05) is 37.6 Å². The predicted molar refractivity (Wildman–Crippen MR) is 106 cm³/mol. The van der Waals surface area contributed by atoms with Crippen LogP contribution in [0.4, 0.5) is 0 Å². The van der Waals surface area contributed by atoms with Crippen molar-refractivity contribution in [1.29, 1.82) is 0 Å². The van der Waals surface area contributed by atoms with Crippen molar-refractivity contribution in [2.75, 3.05) is 7.05 Å². The second-order valence-corrected chi connectivity index (χ2v) is 6.30. The van der Waals surface area contributed by atoms with Gasteiger partial charge in [0.25, 0.3) is 0 Å². The summed E-state index contributed by atoms with van der Waals surface area (Å²) in [6, 6.07) is 18.2.